The molecule has 0 amide bonds. The fourth-order valence-corrected chi connectivity index (χ4v) is 3.09. The number of nitrogens with two attached hydrogens (primary N) is 1. The molecule has 0 bridgehead atoms. The quantitative estimate of drug-likeness (QED) is 0.745. The van der Waals surface area contributed by atoms with E-state index in [2.05, 4.69) is 4.98 Å². The van der Waals surface area contributed by atoms with Crippen molar-refractivity contribution in [3.63, 3.8) is 0 Å². The molecule has 8 nitrogen and oxygen atoms in total. The van der Waals surface area contributed by atoms with Crippen LogP contribution in [0.1, 0.15) is 25.5 Å². The first-order chi connectivity index (χ1) is 10.3. The Morgan fingerprint density at radius 2 is 2.05 bits per heavy atom. The van der Waals surface area contributed by atoms with Crippen LogP contribution in [0.3, 0.4) is 0 Å². The van der Waals surface area contributed by atoms with Gasteiger partial charge in [-0.05, 0) is 20.8 Å². The molecule has 0 saturated carbocycles. The van der Waals surface area contributed by atoms with Crippen molar-refractivity contribution in [1.29, 1.82) is 0 Å². The summed E-state index contributed by atoms with van der Waals surface area (Å²) in [5.41, 5.74) is 5.31. The summed E-state index contributed by atoms with van der Waals surface area (Å²) >= 11 is 0. The van der Waals surface area contributed by atoms with Gasteiger partial charge in [0.25, 0.3) is 5.56 Å². The summed E-state index contributed by atoms with van der Waals surface area (Å²) in [5.74, 6) is -0.768. The van der Waals surface area contributed by atoms with Gasteiger partial charge in [0.1, 0.15) is 12.2 Å². The van der Waals surface area contributed by atoms with E-state index in [0.29, 0.717) is 12.1 Å². The van der Waals surface area contributed by atoms with Crippen LogP contribution in [0.5, 0.6) is 0 Å². The number of aromatic nitrogens is 2. The first-order valence-electron chi connectivity index (χ1n) is 7.32. The zero-order valence-electron chi connectivity index (χ0n) is 12.9. The minimum atomic E-state index is -0.768. The van der Waals surface area contributed by atoms with E-state index in [-0.39, 0.29) is 31.0 Å². The van der Waals surface area contributed by atoms with Gasteiger partial charge in [-0.3, -0.25) is 14.3 Å². The number of fused-ring (bicyclic) bond motifs is 1. The molecule has 1 unspecified atom stereocenters. The van der Waals surface area contributed by atoms with Crippen molar-refractivity contribution in [2.45, 2.75) is 50.9 Å². The summed E-state index contributed by atoms with van der Waals surface area (Å²) in [6, 6.07) is -0.377. The predicted octanol–water partition coefficient (Wildman–Crippen LogP) is -0.736. The molecule has 8 heteroatoms. The second-order valence-electron chi connectivity index (χ2n) is 6.22. The normalized spacial score (nSPS) is 33.6. The Balaban J connectivity index is 2.00. The SMILES string of the molecule is Cc1cn([C@@H]2CO[C@H](CN)[C@H]3OC(C)(C)OC23)c(=O)[nH]c1=O. The number of aryl methyl sites for hydroxylation is 1. The van der Waals surface area contributed by atoms with Crippen molar-refractivity contribution >= 4 is 0 Å². The summed E-state index contributed by atoms with van der Waals surface area (Å²) in [4.78, 5) is 26.0. The molecule has 0 aromatic carbocycles. The molecule has 2 aliphatic rings. The molecule has 2 fully saturated rings. The van der Waals surface area contributed by atoms with Gasteiger partial charge in [0.2, 0.25) is 0 Å². The van der Waals surface area contributed by atoms with Crippen LogP contribution >= 0.6 is 0 Å². The molecular formula is C14H21N3O5. The second kappa shape index (κ2) is 5.31. The number of nitrogens with zero attached hydrogens (tertiary/aromatic N) is 1. The van der Waals surface area contributed by atoms with E-state index in [4.69, 9.17) is 19.9 Å². The van der Waals surface area contributed by atoms with E-state index in [1.54, 1.807) is 6.92 Å². The summed E-state index contributed by atoms with van der Waals surface area (Å²) in [6.45, 7) is 5.86. The van der Waals surface area contributed by atoms with Crippen molar-refractivity contribution in [3.8, 4) is 0 Å². The average Bonchev–Trinajstić information content (AvgIpc) is 2.77. The van der Waals surface area contributed by atoms with Crippen molar-refractivity contribution in [2.24, 2.45) is 5.73 Å². The van der Waals surface area contributed by atoms with Crippen LogP contribution in [0.15, 0.2) is 15.8 Å². The standard InChI is InChI=1S/C14H21N3O5/c1-7-5-17(13(19)16-12(7)18)8-6-20-9(4-15)11-10(8)21-14(2,3)22-11/h5,8-11H,4,6,15H2,1-3H3,(H,16,18,19)/t8-,9-,10?,11-/m1/s1. The highest BCUT2D eigenvalue weighted by atomic mass is 16.8. The lowest BCUT2D eigenvalue weighted by molar-refractivity contribution is -0.152. The Hall–Kier alpha value is -1.48. The highest BCUT2D eigenvalue weighted by Crippen LogP contribution is 2.39. The lowest BCUT2D eigenvalue weighted by Crippen LogP contribution is -2.53. The van der Waals surface area contributed by atoms with E-state index in [1.807, 2.05) is 13.8 Å². The van der Waals surface area contributed by atoms with Crippen molar-refractivity contribution in [1.82, 2.24) is 9.55 Å². The Labute approximate surface area is 127 Å². The number of nitrogens with one attached hydrogen (secondary N) is 1. The van der Waals surface area contributed by atoms with Crippen LogP contribution in [0.2, 0.25) is 0 Å². The fourth-order valence-electron chi connectivity index (χ4n) is 3.09. The molecule has 3 heterocycles. The number of rotatable bonds is 2. The van der Waals surface area contributed by atoms with Gasteiger partial charge in [0.05, 0.1) is 18.8 Å². The maximum Gasteiger partial charge on any atom is 0.328 e. The molecule has 1 aromatic rings. The van der Waals surface area contributed by atoms with E-state index >= 15 is 0 Å². The molecular weight excluding hydrogens is 290 g/mol. The largest absolute Gasteiger partial charge is 0.372 e. The summed E-state index contributed by atoms with van der Waals surface area (Å²) < 4.78 is 19.0. The third-order valence-electron chi connectivity index (χ3n) is 4.13. The molecule has 1 aromatic heterocycles. The van der Waals surface area contributed by atoms with Crippen LogP contribution in [-0.4, -0.2) is 46.8 Å². The lowest BCUT2D eigenvalue weighted by Gasteiger charge is -2.37. The van der Waals surface area contributed by atoms with Gasteiger partial charge in [0.15, 0.2) is 5.79 Å². The highest BCUT2D eigenvalue weighted by molar-refractivity contribution is 5.05. The van der Waals surface area contributed by atoms with Crippen molar-refractivity contribution < 1.29 is 14.2 Å². The Kier molecular flexibility index (Phi) is 3.72. The summed E-state index contributed by atoms with van der Waals surface area (Å²) in [5, 5.41) is 0. The summed E-state index contributed by atoms with van der Waals surface area (Å²) in [7, 11) is 0. The van der Waals surface area contributed by atoms with Gasteiger partial charge in [-0.25, -0.2) is 4.79 Å². The number of hydrogen-bond donors (Lipinski definition) is 2. The molecule has 3 rings (SSSR count). The zero-order chi connectivity index (χ0) is 16.1. The maximum absolute atomic E-state index is 12.1. The van der Waals surface area contributed by atoms with Gasteiger partial charge in [-0.2, -0.15) is 0 Å². The first kappa shape index (κ1) is 15.4. The molecule has 0 spiro atoms. The van der Waals surface area contributed by atoms with Crippen LogP contribution in [0, 0.1) is 6.92 Å². The minimum Gasteiger partial charge on any atom is -0.372 e. The number of ether oxygens (including phenoxy) is 3. The second-order valence-corrected chi connectivity index (χ2v) is 6.22. The van der Waals surface area contributed by atoms with Crippen LogP contribution in [-0.2, 0) is 14.2 Å². The van der Waals surface area contributed by atoms with Gasteiger partial charge in [-0.1, -0.05) is 0 Å². The topological polar surface area (TPSA) is 109 Å². The zero-order valence-corrected chi connectivity index (χ0v) is 12.9. The third kappa shape index (κ3) is 2.52. The molecule has 22 heavy (non-hydrogen) atoms. The smallest absolute Gasteiger partial charge is 0.328 e. The van der Waals surface area contributed by atoms with Gasteiger partial charge < -0.3 is 19.9 Å². The molecule has 3 N–H and O–H groups in total. The minimum absolute atomic E-state index is 0.272. The van der Waals surface area contributed by atoms with Gasteiger partial charge in [-0.15, -0.1) is 0 Å². The first-order valence-corrected chi connectivity index (χ1v) is 7.32. The van der Waals surface area contributed by atoms with Crippen molar-refractivity contribution in [2.75, 3.05) is 13.2 Å². The molecule has 2 saturated heterocycles. The van der Waals surface area contributed by atoms with Crippen LogP contribution in [0.25, 0.3) is 0 Å². The van der Waals surface area contributed by atoms with Gasteiger partial charge >= 0.3 is 5.69 Å². The average molecular weight is 311 g/mol. The monoisotopic (exact) mass is 311 g/mol. The number of aromatic amines is 1. The number of hydrogen-bond acceptors (Lipinski definition) is 6. The highest BCUT2D eigenvalue weighted by Gasteiger charge is 2.52. The van der Waals surface area contributed by atoms with E-state index in [1.165, 1.54) is 10.8 Å². The fraction of sp³-hybridized carbons (Fsp3) is 0.714. The lowest BCUT2D eigenvalue weighted by atomic mass is 9.98. The van der Waals surface area contributed by atoms with E-state index in [9.17, 15) is 9.59 Å². The molecule has 2 aliphatic heterocycles. The van der Waals surface area contributed by atoms with Crippen molar-refractivity contribution in [3.05, 3.63) is 32.6 Å². The molecule has 4 atom stereocenters. The van der Waals surface area contributed by atoms with Gasteiger partial charge in [0, 0.05) is 18.3 Å². The third-order valence-corrected chi connectivity index (χ3v) is 4.13. The van der Waals surface area contributed by atoms with Crippen LogP contribution in [0.4, 0.5) is 0 Å². The Bertz CT molecular complexity index is 680. The van der Waals surface area contributed by atoms with E-state index in [0.717, 1.165) is 0 Å². The number of H-pyrrole nitrogens is 1. The Morgan fingerprint density at radius 1 is 1.36 bits per heavy atom. The molecule has 0 radical (unpaired) electrons. The Morgan fingerprint density at radius 3 is 2.73 bits per heavy atom. The van der Waals surface area contributed by atoms with E-state index < -0.39 is 17.0 Å². The van der Waals surface area contributed by atoms with Crippen LogP contribution < -0.4 is 17.0 Å². The molecule has 122 valence electrons. The predicted molar refractivity (Wildman–Crippen MR) is 77.7 cm³/mol. The maximum atomic E-state index is 12.1. The summed E-state index contributed by atoms with van der Waals surface area (Å²) in [6.07, 6.45) is 0.546. The molecule has 0 aliphatic carbocycles.